The molecule has 0 saturated carbocycles. The molecule has 1 aromatic carbocycles. The van der Waals surface area contributed by atoms with Gasteiger partial charge in [-0.2, -0.15) is 0 Å². The smallest absolute Gasteiger partial charge is 0.325 e. The van der Waals surface area contributed by atoms with Gasteiger partial charge in [0.15, 0.2) is 0 Å². The van der Waals surface area contributed by atoms with Crippen LogP contribution >= 0.6 is 0 Å². The van der Waals surface area contributed by atoms with Crippen LogP contribution in [0.2, 0.25) is 0 Å². The molecule has 1 aliphatic rings. The number of hydrogen-bond donors (Lipinski definition) is 1. The first kappa shape index (κ1) is 14.6. The van der Waals surface area contributed by atoms with Crippen LogP contribution in [0.1, 0.15) is 5.56 Å². The Bertz CT molecular complexity index is 464. The van der Waals surface area contributed by atoms with Crippen molar-refractivity contribution in [2.75, 3.05) is 44.9 Å². The van der Waals surface area contributed by atoms with Crippen LogP contribution in [0.3, 0.4) is 0 Å². The molecule has 0 saturated heterocycles. The number of benzene rings is 1. The number of methoxy groups -OCH3 is 1. The number of anilines is 1. The first-order valence-electron chi connectivity index (χ1n) is 6.60. The number of fused-ring (bicyclic) bond motifs is 1. The normalized spacial score (nSPS) is 13.6. The molecule has 0 bridgehead atoms. The summed E-state index contributed by atoms with van der Waals surface area (Å²) in [6.07, 6.45) is 0. The third kappa shape index (κ3) is 3.61. The third-order valence-electron chi connectivity index (χ3n) is 3.09. The van der Waals surface area contributed by atoms with Gasteiger partial charge < -0.3 is 24.8 Å². The average molecular weight is 280 g/mol. The average Bonchev–Trinajstić information content (AvgIpc) is 2.47. The van der Waals surface area contributed by atoms with Gasteiger partial charge in [0.25, 0.3) is 0 Å². The molecule has 110 valence electrons. The Kier molecular flexibility index (Phi) is 5.20. The maximum atomic E-state index is 11.7. The molecule has 0 amide bonds. The number of hydrogen-bond acceptors (Lipinski definition) is 6. The predicted octanol–water partition coefficient (Wildman–Crippen LogP) is 0.534. The van der Waals surface area contributed by atoms with Crippen LogP contribution in [0.4, 0.5) is 5.69 Å². The highest BCUT2D eigenvalue weighted by Gasteiger charge is 2.21. The van der Waals surface area contributed by atoms with Gasteiger partial charge in [-0.05, 0) is 17.7 Å². The second-order valence-corrected chi connectivity index (χ2v) is 4.49. The molecule has 6 nitrogen and oxygen atoms in total. The van der Waals surface area contributed by atoms with Crippen molar-refractivity contribution in [1.82, 2.24) is 0 Å². The Morgan fingerprint density at radius 3 is 3.05 bits per heavy atom. The molecule has 1 heterocycles. The van der Waals surface area contributed by atoms with Crippen LogP contribution in [0.25, 0.3) is 0 Å². The van der Waals surface area contributed by atoms with E-state index < -0.39 is 0 Å². The van der Waals surface area contributed by atoms with Crippen molar-refractivity contribution in [3.05, 3.63) is 23.8 Å². The van der Waals surface area contributed by atoms with Crippen LogP contribution in [0, 0.1) is 0 Å². The quantitative estimate of drug-likeness (QED) is 0.605. The second-order valence-electron chi connectivity index (χ2n) is 4.49. The summed E-state index contributed by atoms with van der Waals surface area (Å²) < 4.78 is 15.5. The van der Waals surface area contributed by atoms with E-state index in [0.29, 0.717) is 26.3 Å². The summed E-state index contributed by atoms with van der Waals surface area (Å²) >= 11 is 0. The Labute approximate surface area is 118 Å². The lowest BCUT2D eigenvalue weighted by molar-refractivity contribution is -0.143. The lowest BCUT2D eigenvalue weighted by atomic mass is 10.1. The highest BCUT2D eigenvalue weighted by Crippen LogP contribution is 2.32. The van der Waals surface area contributed by atoms with Gasteiger partial charge >= 0.3 is 5.97 Å². The molecule has 6 heteroatoms. The molecular weight excluding hydrogens is 260 g/mol. The third-order valence-corrected chi connectivity index (χ3v) is 3.09. The summed E-state index contributed by atoms with van der Waals surface area (Å²) in [5.41, 5.74) is 7.52. The minimum absolute atomic E-state index is 0.210. The zero-order valence-electron chi connectivity index (χ0n) is 11.6. The van der Waals surface area contributed by atoms with E-state index in [9.17, 15) is 4.79 Å². The highest BCUT2D eigenvalue weighted by molar-refractivity contribution is 5.77. The molecule has 1 aliphatic heterocycles. The topological polar surface area (TPSA) is 74.0 Å². The van der Waals surface area contributed by atoms with E-state index >= 15 is 0 Å². The van der Waals surface area contributed by atoms with Crippen LogP contribution in [-0.2, 0) is 20.8 Å². The number of carbonyl (C=O) groups is 1. The zero-order chi connectivity index (χ0) is 14.4. The van der Waals surface area contributed by atoms with Crippen molar-refractivity contribution in [2.45, 2.75) is 6.54 Å². The number of rotatable bonds is 6. The summed E-state index contributed by atoms with van der Waals surface area (Å²) in [7, 11) is 1.57. The van der Waals surface area contributed by atoms with Crippen molar-refractivity contribution < 1.29 is 19.0 Å². The molecule has 0 unspecified atom stereocenters. The van der Waals surface area contributed by atoms with Crippen LogP contribution in [0.5, 0.6) is 5.75 Å². The maximum Gasteiger partial charge on any atom is 0.325 e. The number of esters is 1. The Hall–Kier alpha value is -1.79. The van der Waals surface area contributed by atoms with Crippen molar-refractivity contribution in [3.63, 3.8) is 0 Å². The summed E-state index contributed by atoms with van der Waals surface area (Å²) in [4.78, 5) is 13.7. The van der Waals surface area contributed by atoms with Crippen molar-refractivity contribution in [2.24, 2.45) is 5.73 Å². The van der Waals surface area contributed by atoms with Gasteiger partial charge in [0.2, 0.25) is 0 Å². The maximum absolute atomic E-state index is 11.7. The monoisotopic (exact) mass is 280 g/mol. The van der Waals surface area contributed by atoms with E-state index in [1.165, 1.54) is 0 Å². The van der Waals surface area contributed by atoms with Crippen LogP contribution in [-0.4, -0.2) is 46.0 Å². The molecule has 0 radical (unpaired) electrons. The van der Waals surface area contributed by atoms with E-state index in [0.717, 1.165) is 17.0 Å². The summed E-state index contributed by atoms with van der Waals surface area (Å²) in [6, 6.07) is 5.79. The van der Waals surface area contributed by atoms with E-state index in [2.05, 4.69) is 0 Å². The van der Waals surface area contributed by atoms with Gasteiger partial charge in [0, 0.05) is 13.7 Å². The van der Waals surface area contributed by atoms with E-state index in [1.807, 2.05) is 23.1 Å². The highest BCUT2D eigenvalue weighted by atomic mass is 16.6. The largest absolute Gasteiger partial charge is 0.490 e. The number of ether oxygens (including phenoxy) is 3. The molecule has 0 atom stereocenters. The Balaban J connectivity index is 1.99. The summed E-state index contributed by atoms with van der Waals surface area (Å²) in [5.74, 6) is 0.502. The molecule has 2 rings (SSSR count). The van der Waals surface area contributed by atoms with Crippen molar-refractivity contribution in [3.8, 4) is 5.75 Å². The first-order valence-corrected chi connectivity index (χ1v) is 6.60. The van der Waals surface area contributed by atoms with Gasteiger partial charge in [-0.25, -0.2) is 0 Å². The molecule has 1 aromatic rings. The summed E-state index contributed by atoms with van der Waals surface area (Å²) in [6.45, 7) is 2.57. The molecule has 0 spiro atoms. The Morgan fingerprint density at radius 2 is 2.30 bits per heavy atom. The van der Waals surface area contributed by atoms with Gasteiger partial charge in [-0.15, -0.1) is 0 Å². The van der Waals surface area contributed by atoms with Crippen LogP contribution in [0.15, 0.2) is 18.2 Å². The minimum Gasteiger partial charge on any atom is -0.490 e. The minimum atomic E-state index is -0.266. The molecular formula is C14H20N2O4. The van der Waals surface area contributed by atoms with Gasteiger partial charge in [0.1, 0.15) is 25.5 Å². The molecule has 0 fully saturated rings. The SMILES string of the molecule is COCCOC(=O)CN1CCOc2cc(CN)ccc21. The first-order chi connectivity index (χ1) is 9.74. The van der Waals surface area contributed by atoms with Crippen molar-refractivity contribution in [1.29, 1.82) is 0 Å². The summed E-state index contributed by atoms with van der Waals surface area (Å²) in [5, 5.41) is 0. The fourth-order valence-electron chi connectivity index (χ4n) is 2.05. The number of carbonyl (C=O) groups excluding carboxylic acids is 1. The van der Waals surface area contributed by atoms with Gasteiger partial charge in [0.05, 0.1) is 18.8 Å². The lowest BCUT2D eigenvalue weighted by Crippen LogP contribution is -2.37. The van der Waals surface area contributed by atoms with Gasteiger partial charge in [-0.1, -0.05) is 6.07 Å². The van der Waals surface area contributed by atoms with Crippen molar-refractivity contribution >= 4 is 11.7 Å². The Morgan fingerprint density at radius 1 is 1.45 bits per heavy atom. The van der Waals surface area contributed by atoms with E-state index in [1.54, 1.807) is 7.11 Å². The van der Waals surface area contributed by atoms with E-state index in [-0.39, 0.29) is 19.1 Å². The lowest BCUT2D eigenvalue weighted by Gasteiger charge is -2.30. The molecule has 2 N–H and O–H groups in total. The fourth-order valence-corrected chi connectivity index (χ4v) is 2.05. The predicted molar refractivity (Wildman–Crippen MR) is 74.9 cm³/mol. The number of nitrogens with zero attached hydrogens (tertiary/aromatic N) is 1. The van der Waals surface area contributed by atoms with Crippen LogP contribution < -0.4 is 15.4 Å². The zero-order valence-corrected chi connectivity index (χ0v) is 11.6. The van der Waals surface area contributed by atoms with Gasteiger partial charge in [-0.3, -0.25) is 4.79 Å². The molecule has 20 heavy (non-hydrogen) atoms. The fraction of sp³-hybridized carbons (Fsp3) is 0.500. The molecule has 0 aliphatic carbocycles. The van der Waals surface area contributed by atoms with E-state index in [4.69, 9.17) is 19.9 Å². The second kappa shape index (κ2) is 7.12. The molecule has 0 aromatic heterocycles. The number of nitrogens with two attached hydrogens (primary N) is 1. The standard InChI is InChI=1S/C14H20N2O4/c1-18-6-7-20-14(17)10-16-4-5-19-13-8-11(9-15)2-3-12(13)16/h2-3,8H,4-7,9-10,15H2,1H3.